The average molecular weight is 207 g/mol. The van der Waals surface area contributed by atoms with Crippen molar-refractivity contribution in [2.24, 2.45) is 0 Å². The molecule has 0 aliphatic heterocycles. The van der Waals surface area contributed by atoms with Gasteiger partial charge in [0.1, 0.15) is 0 Å². The molecule has 0 aromatic rings. The van der Waals surface area contributed by atoms with Gasteiger partial charge in [-0.05, 0) is 20.3 Å². The third-order valence-corrected chi connectivity index (χ3v) is 2.64. The predicted octanol–water partition coefficient (Wildman–Crippen LogP) is 2.75. The second-order valence-electron chi connectivity index (χ2n) is 2.92. The molecule has 0 aromatic heterocycles. The van der Waals surface area contributed by atoms with Crippen LogP contribution in [0.15, 0.2) is 12.2 Å². The molecule has 0 spiro atoms. The molecule has 0 heterocycles. The summed E-state index contributed by atoms with van der Waals surface area (Å²) in [6.45, 7) is 7.91. The Hall–Kier alpha value is 0.180. The molecule has 0 saturated carbocycles. The lowest BCUT2D eigenvalue weighted by atomic mass is 10.0. The van der Waals surface area contributed by atoms with Gasteiger partial charge in [-0.1, -0.05) is 21.5 Å². The maximum absolute atomic E-state index is 5.29. The maximum atomic E-state index is 5.29. The molecule has 0 N–H and O–H groups in total. The number of rotatable bonds is 4. The van der Waals surface area contributed by atoms with Crippen LogP contribution in [0, 0.1) is 0 Å². The van der Waals surface area contributed by atoms with Crippen molar-refractivity contribution < 1.29 is 4.74 Å². The Bertz CT molecular complexity index is 116. The summed E-state index contributed by atoms with van der Waals surface area (Å²) in [5, 5.41) is 0.851. The number of alkyl halides is 1. The van der Waals surface area contributed by atoms with Crippen molar-refractivity contribution in [3.05, 3.63) is 12.2 Å². The number of hydrogen-bond donors (Lipinski definition) is 0. The lowest BCUT2D eigenvalue weighted by Gasteiger charge is -2.25. The highest BCUT2D eigenvalue weighted by atomic mass is 79.9. The zero-order valence-corrected chi connectivity index (χ0v) is 8.49. The van der Waals surface area contributed by atoms with Crippen molar-refractivity contribution in [1.82, 2.24) is 0 Å². The Kier molecular flexibility index (Phi) is 4.22. The number of methoxy groups -OCH3 is 1. The molecule has 2 heteroatoms. The van der Waals surface area contributed by atoms with E-state index in [9.17, 15) is 0 Å². The summed E-state index contributed by atoms with van der Waals surface area (Å²) < 4.78 is 5.29. The van der Waals surface area contributed by atoms with Crippen LogP contribution in [-0.4, -0.2) is 18.0 Å². The largest absolute Gasteiger partial charge is 0.377 e. The molecule has 1 atom stereocenters. The van der Waals surface area contributed by atoms with E-state index in [1.165, 1.54) is 0 Å². The van der Waals surface area contributed by atoms with E-state index in [1.807, 2.05) is 6.92 Å². The molecule has 0 aliphatic rings. The average Bonchev–Trinajstić information content (AvgIpc) is 1.87. The molecule has 0 aliphatic carbocycles. The van der Waals surface area contributed by atoms with E-state index in [2.05, 4.69) is 29.4 Å². The van der Waals surface area contributed by atoms with Crippen LogP contribution in [0.3, 0.4) is 0 Å². The van der Waals surface area contributed by atoms with Crippen LogP contribution in [0.25, 0.3) is 0 Å². The zero-order valence-electron chi connectivity index (χ0n) is 6.91. The first-order valence-corrected chi connectivity index (χ1v) is 4.42. The minimum Gasteiger partial charge on any atom is -0.377 e. The van der Waals surface area contributed by atoms with Crippen LogP contribution in [0.2, 0.25) is 0 Å². The van der Waals surface area contributed by atoms with Gasteiger partial charge in [-0.25, -0.2) is 0 Å². The second-order valence-corrected chi connectivity index (χ2v) is 3.48. The molecule has 0 saturated heterocycles. The molecule has 0 bridgehead atoms. The van der Waals surface area contributed by atoms with Crippen LogP contribution in [0.1, 0.15) is 20.3 Å². The van der Waals surface area contributed by atoms with Crippen LogP contribution >= 0.6 is 15.9 Å². The first kappa shape index (κ1) is 10.2. The summed E-state index contributed by atoms with van der Waals surface area (Å²) in [6, 6.07) is 0. The zero-order chi connectivity index (χ0) is 8.20. The summed E-state index contributed by atoms with van der Waals surface area (Å²) in [5.41, 5.74) is 1.08. The van der Waals surface area contributed by atoms with E-state index in [4.69, 9.17) is 4.74 Å². The van der Waals surface area contributed by atoms with E-state index in [1.54, 1.807) is 7.11 Å². The van der Waals surface area contributed by atoms with Crippen molar-refractivity contribution in [2.75, 3.05) is 12.4 Å². The van der Waals surface area contributed by atoms with Crippen LogP contribution in [0.4, 0.5) is 0 Å². The van der Waals surface area contributed by atoms with Crippen molar-refractivity contribution in [2.45, 2.75) is 25.9 Å². The molecule has 10 heavy (non-hydrogen) atoms. The molecule has 0 rings (SSSR count). The lowest BCUT2D eigenvalue weighted by Crippen LogP contribution is -2.29. The highest BCUT2D eigenvalue weighted by Crippen LogP contribution is 2.20. The van der Waals surface area contributed by atoms with Gasteiger partial charge in [0.15, 0.2) is 0 Å². The van der Waals surface area contributed by atoms with Crippen molar-refractivity contribution in [3.8, 4) is 0 Å². The normalized spacial score (nSPS) is 16.4. The fraction of sp³-hybridized carbons (Fsp3) is 0.750. The molecular formula is C8H15BrO. The minimum absolute atomic E-state index is 0.0775. The Labute approximate surface area is 71.6 Å². The molecule has 0 fully saturated rings. The third-order valence-electron chi connectivity index (χ3n) is 1.45. The van der Waals surface area contributed by atoms with E-state index in [-0.39, 0.29) is 5.60 Å². The smallest absolute Gasteiger partial charge is 0.0783 e. The van der Waals surface area contributed by atoms with E-state index in [0.717, 1.165) is 17.3 Å². The third kappa shape index (κ3) is 3.37. The fourth-order valence-corrected chi connectivity index (χ4v) is 1.24. The molecule has 1 nitrogen and oxygen atoms in total. The highest BCUT2D eigenvalue weighted by molar-refractivity contribution is 9.09. The quantitative estimate of drug-likeness (QED) is 0.508. The van der Waals surface area contributed by atoms with Gasteiger partial charge < -0.3 is 4.74 Å². The van der Waals surface area contributed by atoms with E-state index in [0.29, 0.717) is 0 Å². The van der Waals surface area contributed by atoms with Crippen LogP contribution in [-0.2, 0) is 4.74 Å². The Morgan fingerprint density at radius 1 is 1.70 bits per heavy atom. The molecule has 0 radical (unpaired) electrons. The Balaban J connectivity index is 3.92. The van der Waals surface area contributed by atoms with Gasteiger partial charge in [0.2, 0.25) is 0 Å². The first-order chi connectivity index (χ1) is 4.54. The standard InChI is InChI=1S/C8H15BrO/c1-7(2)5-8(3,6-9)10-4/h1,5-6H2,2-4H3. The van der Waals surface area contributed by atoms with Gasteiger partial charge in [-0.15, -0.1) is 6.58 Å². The van der Waals surface area contributed by atoms with E-state index < -0.39 is 0 Å². The summed E-state index contributed by atoms with van der Waals surface area (Å²) >= 11 is 3.39. The summed E-state index contributed by atoms with van der Waals surface area (Å²) in [7, 11) is 1.73. The highest BCUT2D eigenvalue weighted by Gasteiger charge is 2.21. The van der Waals surface area contributed by atoms with Crippen LogP contribution in [0.5, 0.6) is 0 Å². The molecule has 1 unspecified atom stereocenters. The van der Waals surface area contributed by atoms with Gasteiger partial charge in [0.25, 0.3) is 0 Å². The summed E-state index contributed by atoms with van der Waals surface area (Å²) in [4.78, 5) is 0. The second kappa shape index (κ2) is 4.14. The maximum Gasteiger partial charge on any atom is 0.0783 e. The van der Waals surface area contributed by atoms with Crippen molar-refractivity contribution >= 4 is 15.9 Å². The summed E-state index contributed by atoms with van der Waals surface area (Å²) in [5.74, 6) is 0. The SMILES string of the molecule is C=C(C)CC(C)(CBr)OC. The first-order valence-electron chi connectivity index (χ1n) is 3.29. The van der Waals surface area contributed by atoms with Crippen LogP contribution < -0.4 is 0 Å². The number of halogens is 1. The molecule has 0 amide bonds. The molecule has 60 valence electrons. The molecule has 0 aromatic carbocycles. The Morgan fingerprint density at radius 3 is 2.30 bits per heavy atom. The van der Waals surface area contributed by atoms with E-state index >= 15 is 0 Å². The van der Waals surface area contributed by atoms with Gasteiger partial charge in [-0.3, -0.25) is 0 Å². The van der Waals surface area contributed by atoms with Gasteiger partial charge in [0.05, 0.1) is 5.60 Å². The Morgan fingerprint density at radius 2 is 2.20 bits per heavy atom. The summed E-state index contributed by atoms with van der Waals surface area (Å²) in [6.07, 6.45) is 0.911. The van der Waals surface area contributed by atoms with Crippen molar-refractivity contribution in [3.63, 3.8) is 0 Å². The number of hydrogen-bond acceptors (Lipinski definition) is 1. The van der Waals surface area contributed by atoms with Gasteiger partial charge in [-0.2, -0.15) is 0 Å². The topological polar surface area (TPSA) is 9.23 Å². The fourth-order valence-electron chi connectivity index (χ4n) is 0.812. The lowest BCUT2D eigenvalue weighted by molar-refractivity contribution is 0.0287. The van der Waals surface area contributed by atoms with Gasteiger partial charge >= 0.3 is 0 Å². The predicted molar refractivity (Wildman–Crippen MR) is 48.6 cm³/mol. The molecular weight excluding hydrogens is 192 g/mol. The monoisotopic (exact) mass is 206 g/mol. The van der Waals surface area contributed by atoms with Gasteiger partial charge in [0, 0.05) is 12.4 Å². The van der Waals surface area contributed by atoms with Crippen molar-refractivity contribution in [1.29, 1.82) is 0 Å². The number of ether oxygens (including phenoxy) is 1. The minimum atomic E-state index is -0.0775.